The van der Waals surface area contributed by atoms with E-state index >= 15 is 0 Å². The molecule has 0 bridgehead atoms. The van der Waals surface area contributed by atoms with Crippen LogP contribution in [0.25, 0.3) is 5.13 Å². The predicted molar refractivity (Wildman–Crippen MR) is 97.9 cm³/mol. The first-order valence-electron chi connectivity index (χ1n) is 7.60. The summed E-state index contributed by atoms with van der Waals surface area (Å²) in [5.41, 5.74) is 0.380. The lowest BCUT2D eigenvalue weighted by molar-refractivity contribution is 0.311. The first-order valence-corrected chi connectivity index (χ1v) is 8.48. The van der Waals surface area contributed by atoms with Gasteiger partial charge in [0.25, 0.3) is 5.95 Å². The highest BCUT2D eigenvalue weighted by Crippen LogP contribution is 2.32. The summed E-state index contributed by atoms with van der Waals surface area (Å²) in [5, 5.41) is 32.8. The van der Waals surface area contributed by atoms with Crippen molar-refractivity contribution < 1.29 is 5.11 Å². The number of aromatic nitrogens is 6. The van der Waals surface area contributed by atoms with Crippen LogP contribution in [0, 0.1) is 0 Å². The second-order valence-electron chi connectivity index (χ2n) is 4.75. The van der Waals surface area contributed by atoms with Crippen molar-refractivity contribution in [1.82, 2.24) is 29.7 Å². The third-order valence-electron chi connectivity index (χ3n) is 3.08. The van der Waals surface area contributed by atoms with Crippen molar-refractivity contribution in [3.05, 3.63) is 17.9 Å². The van der Waals surface area contributed by atoms with Gasteiger partial charge in [-0.25, -0.2) is 4.98 Å². The van der Waals surface area contributed by atoms with Crippen LogP contribution in [0.2, 0.25) is 0 Å². The Hall–Kier alpha value is -3.19. The Balaban J connectivity index is 1.91. The van der Waals surface area contributed by atoms with E-state index < -0.39 is 0 Å². The van der Waals surface area contributed by atoms with Crippen LogP contribution in [0.4, 0.5) is 29.2 Å². The number of nitrogens with zero attached hydrogens (tertiary/aromatic N) is 8. The molecule has 0 fully saturated rings. The molecule has 0 amide bonds. The summed E-state index contributed by atoms with van der Waals surface area (Å²) in [6.07, 6.45) is 3.19. The van der Waals surface area contributed by atoms with E-state index in [0.717, 1.165) is 0 Å². The first kappa shape index (κ1) is 17.6. The molecule has 13 heteroatoms. The number of nitrogens with one attached hydrogen (secondary N) is 3. The maximum Gasteiger partial charge on any atom is 0.287 e. The van der Waals surface area contributed by atoms with Crippen LogP contribution in [0.5, 0.6) is 0 Å². The minimum absolute atomic E-state index is 0.0515. The summed E-state index contributed by atoms with van der Waals surface area (Å²) < 4.78 is 1.52. The fraction of sp³-hybridized carbons (Fsp3) is 0.308. The summed E-state index contributed by atoms with van der Waals surface area (Å²) in [5.74, 6) is 1.46. The van der Waals surface area contributed by atoms with Gasteiger partial charge in [-0.3, -0.25) is 0 Å². The Morgan fingerprint density at radius 3 is 2.69 bits per heavy atom. The number of rotatable bonds is 8. The van der Waals surface area contributed by atoms with E-state index in [0.29, 0.717) is 34.9 Å². The second-order valence-corrected chi connectivity index (χ2v) is 5.62. The number of aliphatic hydroxyl groups is 1. The van der Waals surface area contributed by atoms with Gasteiger partial charge in [0, 0.05) is 32.2 Å². The molecular formula is C13H17N11OS. The minimum atomic E-state index is -0.0515. The van der Waals surface area contributed by atoms with Crippen LogP contribution >= 0.6 is 11.3 Å². The fourth-order valence-corrected chi connectivity index (χ4v) is 2.51. The van der Waals surface area contributed by atoms with Crippen molar-refractivity contribution in [1.29, 1.82) is 0 Å². The molecule has 4 N–H and O–H groups in total. The minimum Gasteiger partial charge on any atom is -0.395 e. The van der Waals surface area contributed by atoms with Gasteiger partial charge in [-0.1, -0.05) is 0 Å². The van der Waals surface area contributed by atoms with Gasteiger partial charge in [-0.05, 0) is 0 Å². The lowest BCUT2D eigenvalue weighted by Crippen LogP contribution is -2.10. The normalized spacial score (nSPS) is 11.0. The molecule has 0 aromatic carbocycles. The van der Waals surface area contributed by atoms with Crippen LogP contribution in [-0.2, 0) is 0 Å². The average molecular weight is 375 g/mol. The van der Waals surface area contributed by atoms with E-state index in [1.54, 1.807) is 20.3 Å². The van der Waals surface area contributed by atoms with E-state index in [1.807, 2.05) is 5.38 Å². The van der Waals surface area contributed by atoms with Gasteiger partial charge < -0.3 is 21.1 Å². The van der Waals surface area contributed by atoms with Gasteiger partial charge in [0.1, 0.15) is 6.33 Å². The van der Waals surface area contributed by atoms with Crippen molar-refractivity contribution in [3.63, 3.8) is 0 Å². The Kier molecular flexibility index (Phi) is 5.60. The lowest BCUT2D eigenvalue weighted by atomic mass is 10.4. The summed E-state index contributed by atoms with van der Waals surface area (Å²) in [7, 11) is 3.42. The zero-order chi connectivity index (χ0) is 18.4. The molecular weight excluding hydrogens is 358 g/mol. The molecule has 0 spiro atoms. The van der Waals surface area contributed by atoms with E-state index in [9.17, 15) is 0 Å². The monoisotopic (exact) mass is 375 g/mol. The van der Waals surface area contributed by atoms with Gasteiger partial charge in [-0.2, -0.15) is 19.6 Å². The summed E-state index contributed by atoms with van der Waals surface area (Å²) in [4.78, 5) is 16.8. The second kappa shape index (κ2) is 8.26. The number of azo groups is 1. The molecule has 0 aliphatic rings. The number of aliphatic hydroxyl groups excluding tert-OH is 1. The number of hydrogen-bond acceptors (Lipinski definition) is 12. The number of hydrogen-bond donors (Lipinski definition) is 4. The maximum atomic E-state index is 9.05. The van der Waals surface area contributed by atoms with Gasteiger partial charge in [0.05, 0.1) is 6.61 Å². The molecule has 0 atom stereocenters. The van der Waals surface area contributed by atoms with Crippen molar-refractivity contribution in [2.24, 2.45) is 10.2 Å². The molecule has 3 aromatic rings. The zero-order valence-corrected chi connectivity index (χ0v) is 14.9. The predicted octanol–water partition coefficient (Wildman–Crippen LogP) is 1.42. The highest BCUT2D eigenvalue weighted by atomic mass is 32.1. The topological polar surface area (TPSA) is 150 Å². The molecule has 26 heavy (non-hydrogen) atoms. The number of thiazole rings is 1. The van der Waals surface area contributed by atoms with Gasteiger partial charge in [0.15, 0.2) is 17.3 Å². The van der Waals surface area contributed by atoms with Crippen LogP contribution in [-0.4, -0.2) is 62.1 Å². The largest absolute Gasteiger partial charge is 0.395 e. The highest BCUT2D eigenvalue weighted by molar-refractivity contribution is 7.12. The zero-order valence-electron chi connectivity index (χ0n) is 14.1. The highest BCUT2D eigenvalue weighted by Gasteiger charge is 2.14. The van der Waals surface area contributed by atoms with E-state index in [1.165, 1.54) is 22.3 Å². The Morgan fingerprint density at radius 2 is 2.00 bits per heavy atom. The van der Waals surface area contributed by atoms with Crippen LogP contribution in [0.3, 0.4) is 0 Å². The Bertz CT molecular complexity index is 876. The smallest absolute Gasteiger partial charge is 0.287 e. The van der Waals surface area contributed by atoms with Crippen LogP contribution in [0.15, 0.2) is 28.1 Å². The van der Waals surface area contributed by atoms with Gasteiger partial charge >= 0.3 is 0 Å². The van der Waals surface area contributed by atoms with Crippen molar-refractivity contribution in [3.8, 4) is 5.13 Å². The molecule has 0 radical (unpaired) electrons. The van der Waals surface area contributed by atoms with Crippen molar-refractivity contribution in [2.75, 3.05) is 43.2 Å². The molecule has 0 aliphatic heterocycles. The third-order valence-corrected chi connectivity index (χ3v) is 3.84. The average Bonchev–Trinajstić information content (AvgIpc) is 3.35. The molecule has 0 unspecified atom stereocenters. The van der Waals surface area contributed by atoms with E-state index in [-0.39, 0.29) is 12.6 Å². The van der Waals surface area contributed by atoms with Gasteiger partial charge in [0.2, 0.25) is 11.1 Å². The molecule has 3 rings (SSSR count). The quantitative estimate of drug-likeness (QED) is 0.428. The van der Waals surface area contributed by atoms with E-state index in [4.69, 9.17) is 5.11 Å². The van der Waals surface area contributed by atoms with Crippen LogP contribution in [0.1, 0.15) is 0 Å². The standard InChI is InChI=1S/C13H17N11OS/c1-14-9-8(10(16-3-5-25)20-11(15-2)19-9)21-22-12-18-7-24(23-12)13-17-4-6-26-13/h4,6-7,25H,3,5H2,1-2H3,(H3,14,15,16,19,20). The number of anilines is 3. The summed E-state index contributed by atoms with van der Waals surface area (Å²) in [6, 6.07) is 0. The molecule has 3 heterocycles. The summed E-state index contributed by atoms with van der Waals surface area (Å²) in [6.45, 7) is 0.257. The Morgan fingerprint density at radius 1 is 1.15 bits per heavy atom. The van der Waals surface area contributed by atoms with Gasteiger partial charge in [-0.15, -0.1) is 26.7 Å². The molecule has 12 nitrogen and oxygen atoms in total. The third kappa shape index (κ3) is 3.89. The van der Waals surface area contributed by atoms with Crippen LogP contribution < -0.4 is 16.0 Å². The lowest BCUT2D eigenvalue weighted by Gasteiger charge is -2.11. The fourth-order valence-electron chi connectivity index (χ4n) is 1.95. The molecule has 0 saturated carbocycles. The first-order chi connectivity index (χ1) is 12.7. The van der Waals surface area contributed by atoms with E-state index in [2.05, 4.69) is 51.2 Å². The van der Waals surface area contributed by atoms with Crippen molar-refractivity contribution in [2.45, 2.75) is 0 Å². The SMILES string of the molecule is CNc1nc(NC)c(N=Nc2ncn(-c3nccs3)n2)c(NCCO)n1. The van der Waals surface area contributed by atoms with Crippen molar-refractivity contribution >= 4 is 40.6 Å². The Labute approximate surface area is 152 Å². The molecule has 0 saturated heterocycles. The maximum absolute atomic E-state index is 9.05. The molecule has 136 valence electrons. The summed E-state index contributed by atoms with van der Waals surface area (Å²) >= 11 is 1.43. The molecule has 3 aromatic heterocycles. The molecule has 0 aliphatic carbocycles.